The zero-order chi connectivity index (χ0) is 14.6. The fourth-order valence-electron chi connectivity index (χ4n) is 2.61. The Morgan fingerprint density at radius 1 is 1.30 bits per heavy atom. The molecule has 1 fully saturated rings. The number of rotatable bonds is 4. The zero-order valence-corrected chi connectivity index (χ0v) is 11.9. The Morgan fingerprint density at radius 3 is 2.65 bits per heavy atom. The van der Waals surface area contributed by atoms with Crippen LogP contribution < -0.4 is 0 Å². The van der Waals surface area contributed by atoms with Gasteiger partial charge < -0.3 is 10.0 Å². The molecule has 1 aliphatic rings. The largest absolute Gasteiger partial charge is 0.390 e. The van der Waals surface area contributed by atoms with Crippen LogP contribution in [0.4, 0.5) is 5.69 Å². The Balaban J connectivity index is 1.84. The molecule has 1 heterocycles. The molecule has 1 unspecified atom stereocenters. The maximum atomic E-state index is 10.6. The number of hydrogen-bond acceptors (Lipinski definition) is 4. The van der Waals surface area contributed by atoms with Crippen LogP contribution in [0.2, 0.25) is 0 Å². The molecule has 20 heavy (non-hydrogen) atoms. The van der Waals surface area contributed by atoms with Gasteiger partial charge in [0.05, 0.1) is 10.5 Å². The topological polar surface area (TPSA) is 66.6 Å². The molecule has 1 aliphatic heterocycles. The van der Waals surface area contributed by atoms with Gasteiger partial charge in [0.25, 0.3) is 5.69 Å². The highest BCUT2D eigenvalue weighted by Crippen LogP contribution is 2.21. The first kappa shape index (κ1) is 14.9. The van der Waals surface area contributed by atoms with E-state index in [1.54, 1.807) is 12.1 Å². The number of benzene rings is 1. The minimum Gasteiger partial charge on any atom is -0.390 e. The number of non-ortho nitro benzene ring substituents is 1. The van der Waals surface area contributed by atoms with Crippen LogP contribution in [0.1, 0.15) is 31.7 Å². The minimum atomic E-state index is -0.526. The summed E-state index contributed by atoms with van der Waals surface area (Å²) in [5, 5.41) is 20.6. The molecular weight excluding hydrogens is 256 g/mol. The van der Waals surface area contributed by atoms with Crippen LogP contribution in [0, 0.1) is 10.1 Å². The van der Waals surface area contributed by atoms with Crippen molar-refractivity contribution in [2.45, 2.75) is 38.2 Å². The average molecular weight is 278 g/mol. The van der Waals surface area contributed by atoms with Crippen LogP contribution in [0.25, 0.3) is 0 Å². The molecular formula is C15H22N2O3. The molecule has 0 saturated carbocycles. The minimum absolute atomic E-state index is 0.138. The molecule has 2 rings (SSSR count). The van der Waals surface area contributed by atoms with Crippen LogP contribution in [-0.4, -0.2) is 40.2 Å². The van der Waals surface area contributed by atoms with Crippen molar-refractivity contribution >= 4 is 5.69 Å². The van der Waals surface area contributed by atoms with Gasteiger partial charge in [-0.3, -0.25) is 10.1 Å². The van der Waals surface area contributed by atoms with E-state index in [0.717, 1.165) is 50.9 Å². The first-order valence-corrected chi connectivity index (χ1v) is 7.14. The molecule has 0 aromatic heterocycles. The first-order chi connectivity index (χ1) is 9.46. The van der Waals surface area contributed by atoms with Crippen molar-refractivity contribution < 1.29 is 10.0 Å². The lowest BCUT2D eigenvalue weighted by Crippen LogP contribution is -2.29. The number of nitro benzene ring substituents is 1. The Labute approximate surface area is 119 Å². The van der Waals surface area contributed by atoms with Gasteiger partial charge in [0.1, 0.15) is 0 Å². The van der Waals surface area contributed by atoms with Crippen molar-refractivity contribution in [1.82, 2.24) is 4.90 Å². The van der Waals surface area contributed by atoms with Gasteiger partial charge in [-0.1, -0.05) is 12.1 Å². The van der Waals surface area contributed by atoms with Crippen LogP contribution in [0.15, 0.2) is 24.3 Å². The number of aliphatic hydroxyl groups is 1. The van der Waals surface area contributed by atoms with Gasteiger partial charge in [-0.2, -0.15) is 0 Å². The van der Waals surface area contributed by atoms with Crippen molar-refractivity contribution in [3.63, 3.8) is 0 Å². The van der Waals surface area contributed by atoms with Gasteiger partial charge in [0.2, 0.25) is 0 Å². The molecule has 1 atom stereocenters. The average Bonchev–Trinajstić information content (AvgIpc) is 2.58. The molecule has 1 aromatic carbocycles. The van der Waals surface area contributed by atoms with Crippen LogP contribution in [0.3, 0.4) is 0 Å². The Hall–Kier alpha value is -1.46. The summed E-state index contributed by atoms with van der Waals surface area (Å²) in [5.41, 5.74) is 0.730. The van der Waals surface area contributed by atoms with Crippen molar-refractivity contribution in [2.24, 2.45) is 0 Å². The maximum absolute atomic E-state index is 10.6. The lowest BCUT2D eigenvalue weighted by molar-refractivity contribution is -0.384. The van der Waals surface area contributed by atoms with E-state index in [1.165, 1.54) is 0 Å². The number of nitrogens with zero attached hydrogens (tertiary/aromatic N) is 2. The lowest BCUT2D eigenvalue weighted by Gasteiger charge is -2.22. The third-order valence-corrected chi connectivity index (χ3v) is 4.02. The molecule has 0 bridgehead atoms. The third-order valence-electron chi connectivity index (χ3n) is 4.02. The quantitative estimate of drug-likeness (QED) is 0.678. The van der Waals surface area contributed by atoms with E-state index < -0.39 is 5.60 Å². The highest BCUT2D eigenvalue weighted by molar-refractivity contribution is 5.32. The van der Waals surface area contributed by atoms with Gasteiger partial charge in [0.15, 0.2) is 0 Å². The lowest BCUT2D eigenvalue weighted by atomic mass is 9.98. The van der Waals surface area contributed by atoms with Crippen LogP contribution in [0.5, 0.6) is 0 Å². The van der Waals surface area contributed by atoms with Gasteiger partial charge in [0, 0.05) is 25.2 Å². The molecule has 0 radical (unpaired) electrons. The van der Waals surface area contributed by atoms with Crippen molar-refractivity contribution in [1.29, 1.82) is 0 Å². The summed E-state index contributed by atoms with van der Waals surface area (Å²) in [6.07, 6.45) is 3.59. The second-order valence-electron chi connectivity index (χ2n) is 5.87. The number of nitro groups is 1. The molecule has 1 saturated heterocycles. The molecule has 0 amide bonds. The predicted octanol–water partition coefficient (Wildman–Crippen LogP) is 2.37. The zero-order valence-electron chi connectivity index (χ0n) is 11.9. The Kier molecular flexibility index (Phi) is 4.73. The fourth-order valence-corrected chi connectivity index (χ4v) is 2.61. The Bertz CT molecular complexity index is 457. The van der Waals surface area contributed by atoms with E-state index in [1.807, 2.05) is 19.1 Å². The highest BCUT2D eigenvalue weighted by Gasteiger charge is 2.24. The molecule has 1 aromatic rings. The smallest absolute Gasteiger partial charge is 0.269 e. The summed E-state index contributed by atoms with van der Waals surface area (Å²) >= 11 is 0. The normalized spacial score (nSPS) is 24.3. The van der Waals surface area contributed by atoms with Crippen molar-refractivity contribution in [3.05, 3.63) is 39.9 Å². The molecule has 0 aliphatic carbocycles. The summed E-state index contributed by atoms with van der Waals surface area (Å²) in [6, 6.07) is 6.77. The second kappa shape index (κ2) is 6.33. The number of hydrogen-bond donors (Lipinski definition) is 1. The molecule has 5 nitrogen and oxygen atoms in total. The van der Waals surface area contributed by atoms with Crippen molar-refractivity contribution in [2.75, 3.05) is 19.6 Å². The van der Waals surface area contributed by atoms with E-state index in [-0.39, 0.29) is 10.6 Å². The van der Waals surface area contributed by atoms with E-state index in [2.05, 4.69) is 4.90 Å². The predicted molar refractivity (Wildman–Crippen MR) is 77.7 cm³/mol. The molecule has 0 spiro atoms. The highest BCUT2D eigenvalue weighted by atomic mass is 16.6. The summed E-state index contributed by atoms with van der Waals surface area (Å²) in [4.78, 5) is 12.6. The van der Waals surface area contributed by atoms with Crippen molar-refractivity contribution in [3.8, 4) is 0 Å². The summed E-state index contributed by atoms with van der Waals surface area (Å²) in [6.45, 7) is 4.78. The second-order valence-corrected chi connectivity index (χ2v) is 5.87. The van der Waals surface area contributed by atoms with E-state index in [0.29, 0.717) is 0 Å². The summed E-state index contributed by atoms with van der Waals surface area (Å²) < 4.78 is 0. The monoisotopic (exact) mass is 278 g/mol. The van der Waals surface area contributed by atoms with Gasteiger partial charge in [-0.15, -0.1) is 0 Å². The standard InChI is InChI=1S/C15H22N2O3/c1-15(18)8-2-10-16(12-9-15)11-7-13-3-5-14(6-4-13)17(19)20/h3-6,18H,2,7-12H2,1H3. The van der Waals surface area contributed by atoms with Gasteiger partial charge >= 0.3 is 0 Å². The van der Waals surface area contributed by atoms with E-state index in [4.69, 9.17) is 0 Å². The van der Waals surface area contributed by atoms with E-state index in [9.17, 15) is 15.2 Å². The van der Waals surface area contributed by atoms with Crippen LogP contribution in [-0.2, 0) is 6.42 Å². The first-order valence-electron chi connectivity index (χ1n) is 7.14. The van der Waals surface area contributed by atoms with Gasteiger partial charge in [-0.25, -0.2) is 0 Å². The molecule has 1 N–H and O–H groups in total. The maximum Gasteiger partial charge on any atom is 0.269 e. The number of likely N-dealkylation sites (tertiary alicyclic amines) is 1. The summed E-state index contributed by atoms with van der Waals surface area (Å²) in [5.74, 6) is 0. The van der Waals surface area contributed by atoms with Gasteiger partial charge in [-0.05, 0) is 44.7 Å². The summed E-state index contributed by atoms with van der Waals surface area (Å²) in [7, 11) is 0. The fraction of sp³-hybridized carbons (Fsp3) is 0.600. The third kappa shape index (κ3) is 4.28. The van der Waals surface area contributed by atoms with E-state index >= 15 is 0 Å². The molecule has 110 valence electrons. The molecule has 5 heteroatoms. The van der Waals surface area contributed by atoms with Crippen LogP contribution >= 0.6 is 0 Å². The SMILES string of the molecule is CC1(O)CCCN(CCc2ccc([N+](=O)[O-])cc2)CC1. The Morgan fingerprint density at radius 2 is 2.00 bits per heavy atom.